The van der Waals surface area contributed by atoms with Gasteiger partial charge in [-0.05, 0) is 37.5 Å². The van der Waals surface area contributed by atoms with Crippen molar-refractivity contribution < 1.29 is 4.79 Å². The lowest BCUT2D eigenvalue weighted by Crippen LogP contribution is -2.30. The highest BCUT2D eigenvalue weighted by molar-refractivity contribution is 6.04. The van der Waals surface area contributed by atoms with E-state index in [2.05, 4.69) is 30.3 Å². The maximum Gasteiger partial charge on any atom is 0.274 e. The van der Waals surface area contributed by atoms with Crippen LogP contribution < -0.4 is 10.2 Å². The van der Waals surface area contributed by atoms with Gasteiger partial charge in [0.1, 0.15) is 5.69 Å². The minimum atomic E-state index is -0.304. The molecule has 150 valence electrons. The number of para-hydroxylation sites is 1. The van der Waals surface area contributed by atoms with Crippen molar-refractivity contribution in [3.8, 4) is 5.95 Å². The van der Waals surface area contributed by atoms with Gasteiger partial charge in [0, 0.05) is 30.9 Å². The molecule has 0 bridgehead atoms. The lowest BCUT2D eigenvalue weighted by atomic mass is 10.1. The largest absolute Gasteiger partial charge is 0.370 e. The van der Waals surface area contributed by atoms with Crippen molar-refractivity contribution >= 4 is 28.2 Å². The molecule has 4 aromatic rings. The molecule has 1 amide bonds. The fraction of sp³-hybridized carbons (Fsp3) is 0.227. The summed E-state index contributed by atoms with van der Waals surface area (Å²) in [4.78, 5) is 28.2. The first kappa shape index (κ1) is 18.2. The normalized spacial score (nSPS) is 14.1. The van der Waals surface area contributed by atoms with Crippen LogP contribution in [0.15, 0.2) is 61.2 Å². The van der Waals surface area contributed by atoms with Crippen LogP contribution >= 0.6 is 0 Å². The van der Waals surface area contributed by atoms with Crippen LogP contribution in [0.5, 0.6) is 0 Å². The number of hydrogen-bond acceptors (Lipinski definition) is 6. The van der Waals surface area contributed by atoms with Crippen molar-refractivity contribution in [3.63, 3.8) is 0 Å². The number of nitrogens with one attached hydrogen (secondary N) is 1. The first-order valence-corrected chi connectivity index (χ1v) is 10.1. The molecule has 1 N–H and O–H groups in total. The van der Waals surface area contributed by atoms with Crippen LogP contribution in [-0.2, 0) is 0 Å². The van der Waals surface area contributed by atoms with Gasteiger partial charge in [-0.25, -0.2) is 9.97 Å². The second-order valence-corrected chi connectivity index (χ2v) is 7.25. The summed E-state index contributed by atoms with van der Waals surface area (Å²) in [7, 11) is 0. The van der Waals surface area contributed by atoms with Gasteiger partial charge in [-0.2, -0.15) is 9.78 Å². The Bertz CT molecular complexity index is 1200. The predicted octanol–water partition coefficient (Wildman–Crippen LogP) is 3.45. The van der Waals surface area contributed by atoms with Gasteiger partial charge in [-0.3, -0.25) is 9.78 Å². The molecule has 4 heterocycles. The third kappa shape index (κ3) is 3.47. The average Bonchev–Trinajstić information content (AvgIpc) is 3.24. The number of hydrogen-bond donors (Lipinski definition) is 1. The summed E-state index contributed by atoms with van der Waals surface area (Å²) in [5.41, 5.74) is 2.84. The van der Waals surface area contributed by atoms with Gasteiger partial charge in [0.15, 0.2) is 0 Å². The molecule has 5 rings (SSSR count). The van der Waals surface area contributed by atoms with E-state index in [4.69, 9.17) is 0 Å². The average molecular weight is 399 g/mol. The number of rotatable bonds is 4. The monoisotopic (exact) mass is 399 g/mol. The standard InChI is InChI=1S/C22H21N7O/c30-21(26-18-15-23-10-9-20(18)28-12-4-1-5-13-28)17-8-11-24-22(27-17)29-19-7-3-2-6-16(19)14-25-29/h2-3,6-11,14-15H,1,4-5,12-13H2,(H,26,30). The minimum absolute atomic E-state index is 0.271. The van der Waals surface area contributed by atoms with E-state index in [1.165, 1.54) is 6.42 Å². The molecule has 1 aliphatic heterocycles. The molecular formula is C22H21N7O. The molecule has 0 unspecified atom stereocenters. The molecule has 8 heteroatoms. The van der Waals surface area contributed by atoms with Gasteiger partial charge >= 0.3 is 0 Å². The van der Waals surface area contributed by atoms with Crippen molar-refractivity contribution in [3.05, 3.63) is 66.9 Å². The van der Waals surface area contributed by atoms with Crippen LogP contribution in [0.4, 0.5) is 11.4 Å². The van der Waals surface area contributed by atoms with Crippen LogP contribution in [0.2, 0.25) is 0 Å². The van der Waals surface area contributed by atoms with Crippen molar-refractivity contribution in [2.75, 3.05) is 23.3 Å². The van der Waals surface area contributed by atoms with Crippen molar-refractivity contribution in [1.29, 1.82) is 0 Å². The molecule has 1 aromatic carbocycles. The van der Waals surface area contributed by atoms with E-state index >= 15 is 0 Å². The number of carbonyl (C=O) groups is 1. The molecule has 0 radical (unpaired) electrons. The van der Waals surface area contributed by atoms with E-state index in [-0.39, 0.29) is 11.6 Å². The SMILES string of the molecule is O=C(Nc1cnccc1N1CCCCC1)c1ccnc(-n2ncc3ccccc32)n1. The molecular weight excluding hydrogens is 378 g/mol. The number of amides is 1. The summed E-state index contributed by atoms with van der Waals surface area (Å²) in [6.07, 6.45) is 10.3. The van der Waals surface area contributed by atoms with E-state index < -0.39 is 0 Å². The highest BCUT2D eigenvalue weighted by atomic mass is 16.1. The Labute approximate surface area is 173 Å². The number of nitrogens with zero attached hydrogens (tertiary/aromatic N) is 6. The Morgan fingerprint density at radius 1 is 0.967 bits per heavy atom. The molecule has 1 fully saturated rings. The lowest BCUT2D eigenvalue weighted by molar-refractivity contribution is 0.102. The molecule has 0 saturated carbocycles. The van der Waals surface area contributed by atoms with Gasteiger partial charge in [0.25, 0.3) is 11.9 Å². The summed E-state index contributed by atoms with van der Waals surface area (Å²) in [5, 5.41) is 8.32. The first-order valence-electron chi connectivity index (χ1n) is 10.1. The molecule has 1 aliphatic rings. The Hall–Kier alpha value is -3.81. The number of aromatic nitrogens is 5. The van der Waals surface area contributed by atoms with Gasteiger partial charge < -0.3 is 10.2 Å². The number of fused-ring (bicyclic) bond motifs is 1. The first-order chi connectivity index (χ1) is 14.8. The quantitative estimate of drug-likeness (QED) is 0.565. The molecule has 3 aromatic heterocycles. The van der Waals surface area contributed by atoms with E-state index in [1.54, 1.807) is 35.5 Å². The Morgan fingerprint density at radius 3 is 2.73 bits per heavy atom. The van der Waals surface area contributed by atoms with Crippen LogP contribution in [0.1, 0.15) is 29.8 Å². The minimum Gasteiger partial charge on any atom is -0.370 e. The Kier molecular flexibility index (Phi) is 4.80. The third-order valence-corrected chi connectivity index (χ3v) is 5.29. The van der Waals surface area contributed by atoms with E-state index in [1.807, 2.05) is 30.3 Å². The van der Waals surface area contributed by atoms with Crippen LogP contribution in [0.3, 0.4) is 0 Å². The summed E-state index contributed by atoms with van der Waals surface area (Å²) < 4.78 is 1.63. The number of benzene rings is 1. The number of pyridine rings is 1. The number of piperidine rings is 1. The van der Waals surface area contributed by atoms with Gasteiger partial charge in [-0.15, -0.1) is 0 Å². The predicted molar refractivity (Wildman–Crippen MR) is 115 cm³/mol. The van der Waals surface area contributed by atoms with Gasteiger partial charge in [0.05, 0.1) is 29.3 Å². The summed E-state index contributed by atoms with van der Waals surface area (Å²) in [6, 6.07) is 11.3. The Balaban J connectivity index is 1.42. The molecule has 8 nitrogen and oxygen atoms in total. The van der Waals surface area contributed by atoms with Crippen LogP contribution in [-0.4, -0.2) is 43.7 Å². The van der Waals surface area contributed by atoms with Crippen molar-refractivity contribution in [2.24, 2.45) is 0 Å². The molecule has 0 aliphatic carbocycles. The zero-order valence-corrected chi connectivity index (χ0v) is 16.4. The molecule has 0 spiro atoms. The van der Waals surface area contributed by atoms with Crippen molar-refractivity contribution in [1.82, 2.24) is 24.7 Å². The highest BCUT2D eigenvalue weighted by Gasteiger charge is 2.18. The van der Waals surface area contributed by atoms with Crippen molar-refractivity contribution in [2.45, 2.75) is 19.3 Å². The lowest BCUT2D eigenvalue weighted by Gasteiger charge is -2.30. The maximum absolute atomic E-state index is 13.0. The van der Waals surface area contributed by atoms with E-state index in [0.717, 1.165) is 42.5 Å². The molecule has 30 heavy (non-hydrogen) atoms. The maximum atomic E-state index is 13.0. The topological polar surface area (TPSA) is 88.8 Å². The summed E-state index contributed by atoms with van der Waals surface area (Å²) >= 11 is 0. The third-order valence-electron chi connectivity index (χ3n) is 5.29. The molecule has 0 atom stereocenters. The molecule has 1 saturated heterocycles. The number of anilines is 2. The highest BCUT2D eigenvalue weighted by Crippen LogP contribution is 2.27. The van der Waals surface area contributed by atoms with Gasteiger partial charge in [0.2, 0.25) is 0 Å². The summed E-state index contributed by atoms with van der Waals surface area (Å²) in [5.74, 6) is 0.0488. The Morgan fingerprint density at radius 2 is 1.83 bits per heavy atom. The van der Waals surface area contributed by atoms with Gasteiger partial charge in [-0.1, -0.05) is 18.2 Å². The van der Waals surface area contributed by atoms with E-state index in [9.17, 15) is 4.79 Å². The smallest absolute Gasteiger partial charge is 0.274 e. The summed E-state index contributed by atoms with van der Waals surface area (Å²) in [6.45, 7) is 1.97. The zero-order valence-electron chi connectivity index (χ0n) is 16.4. The van der Waals surface area contributed by atoms with Crippen LogP contribution in [0, 0.1) is 0 Å². The second kappa shape index (κ2) is 7.90. The number of carbonyl (C=O) groups excluding carboxylic acids is 1. The fourth-order valence-corrected chi connectivity index (χ4v) is 3.79. The second-order valence-electron chi connectivity index (χ2n) is 7.25. The zero-order chi connectivity index (χ0) is 20.3. The fourth-order valence-electron chi connectivity index (χ4n) is 3.79. The van der Waals surface area contributed by atoms with E-state index in [0.29, 0.717) is 11.6 Å². The van der Waals surface area contributed by atoms with Crippen LogP contribution in [0.25, 0.3) is 16.9 Å².